The highest BCUT2D eigenvalue weighted by molar-refractivity contribution is 5.34. The van der Waals surface area contributed by atoms with Crippen molar-refractivity contribution in [2.24, 2.45) is 0 Å². The van der Waals surface area contributed by atoms with Crippen LogP contribution < -0.4 is 4.90 Å². The molecule has 0 atom stereocenters. The standard InChI is InChI=1S/C10H10F3N3/c11-8-2-1-3-16(6-8)10-14-4-7(5-15-10)9(12)13/h2,4-5,9H,1,3,6H2. The summed E-state index contributed by atoms with van der Waals surface area (Å²) in [5.41, 5.74) is -0.225. The number of anilines is 1. The SMILES string of the molecule is FC1=CCCN(c2ncc(C(F)F)cn2)C1. The molecule has 0 spiro atoms. The van der Waals surface area contributed by atoms with E-state index >= 15 is 0 Å². The van der Waals surface area contributed by atoms with Crippen LogP contribution in [-0.2, 0) is 0 Å². The van der Waals surface area contributed by atoms with Gasteiger partial charge in [0.15, 0.2) is 0 Å². The van der Waals surface area contributed by atoms with E-state index in [2.05, 4.69) is 9.97 Å². The molecule has 16 heavy (non-hydrogen) atoms. The van der Waals surface area contributed by atoms with Crippen LogP contribution in [0, 0.1) is 0 Å². The molecule has 1 aromatic rings. The quantitative estimate of drug-likeness (QED) is 0.780. The molecule has 0 saturated heterocycles. The van der Waals surface area contributed by atoms with E-state index in [1.54, 1.807) is 4.90 Å². The molecule has 1 aliphatic heterocycles. The molecule has 0 N–H and O–H groups in total. The zero-order valence-electron chi connectivity index (χ0n) is 8.41. The Balaban J connectivity index is 2.13. The largest absolute Gasteiger partial charge is 0.334 e. The first-order valence-electron chi connectivity index (χ1n) is 4.86. The van der Waals surface area contributed by atoms with Crippen molar-refractivity contribution in [1.29, 1.82) is 0 Å². The summed E-state index contributed by atoms with van der Waals surface area (Å²) in [5.74, 6) is 0.0421. The number of alkyl halides is 2. The average molecular weight is 229 g/mol. The third-order valence-electron chi connectivity index (χ3n) is 2.30. The maximum absolute atomic E-state index is 13.0. The van der Waals surface area contributed by atoms with Gasteiger partial charge in [-0.1, -0.05) is 0 Å². The first-order valence-corrected chi connectivity index (χ1v) is 4.86. The molecule has 0 aliphatic carbocycles. The number of hydrogen-bond donors (Lipinski definition) is 0. The summed E-state index contributed by atoms with van der Waals surface area (Å²) in [4.78, 5) is 9.21. The van der Waals surface area contributed by atoms with E-state index in [-0.39, 0.29) is 23.9 Å². The third-order valence-corrected chi connectivity index (χ3v) is 2.30. The minimum absolute atomic E-state index is 0.105. The molecule has 0 fully saturated rings. The molecule has 2 heterocycles. The Hall–Kier alpha value is -1.59. The lowest BCUT2D eigenvalue weighted by molar-refractivity contribution is 0.150. The van der Waals surface area contributed by atoms with E-state index in [0.29, 0.717) is 13.0 Å². The molecule has 1 aliphatic rings. The summed E-state index contributed by atoms with van der Waals surface area (Å²) in [7, 11) is 0. The fourth-order valence-electron chi connectivity index (χ4n) is 1.48. The zero-order valence-corrected chi connectivity index (χ0v) is 8.41. The van der Waals surface area contributed by atoms with Gasteiger partial charge in [0.05, 0.1) is 12.1 Å². The van der Waals surface area contributed by atoms with E-state index in [1.165, 1.54) is 6.08 Å². The average Bonchev–Trinajstić information content (AvgIpc) is 2.29. The summed E-state index contributed by atoms with van der Waals surface area (Å²) in [6.45, 7) is 0.704. The van der Waals surface area contributed by atoms with Crippen molar-refractivity contribution in [2.45, 2.75) is 12.8 Å². The lowest BCUT2D eigenvalue weighted by atomic mass is 10.2. The van der Waals surface area contributed by atoms with Crippen LogP contribution in [0.2, 0.25) is 0 Å². The second-order valence-corrected chi connectivity index (χ2v) is 3.48. The van der Waals surface area contributed by atoms with Gasteiger partial charge >= 0.3 is 0 Å². The Kier molecular flexibility index (Phi) is 3.07. The Morgan fingerprint density at radius 2 is 1.94 bits per heavy atom. The molecule has 0 aromatic carbocycles. The van der Waals surface area contributed by atoms with Gasteiger partial charge in [-0.05, 0) is 12.5 Å². The molecule has 0 unspecified atom stereocenters. The number of aromatic nitrogens is 2. The predicted molar refractivity (Wildman–Crippen MR) is 53.0 cm³/mol. The fourth-order valence-corrected chi connectivity index (χ4v) is 1.48. The van der Waals surface area contributed by atoms with Crippen molar-refractivity contribution < 1.29 is 13.2 Å². The van der Waals surface area contributed by atoms with E-state index in [9.17, 15) is 13.2 Å². The van der Waals surface area contributed by atoms with E-state index in [4.69, 9.17) is 0 Å². The van der Waals surface area contributed by atoms with Gasteiger partial charge < -0.3 is 4.90 Å². The first kappa shape index (κ1) is 10.9. The van der Waals surface area contributed by atoms with Crippen LogP contribution in [0.25, 0.3) is 0 Å². The number of rotatable bonds is 2. The van der Waals surface area contributed by atoms with Crippen LogP contribution in [0.15, 0.2) is 24.3 Å². The van der Waals surface area contributed by atoms with Crippen molar-refractivity contribution in [3.05, 3.63) is 29.9 Å². The molecular formula is C10H10F3N3. The van der Waals surface area contributed by atoms with Gasteiger partial charge in [-0.15, -0.1) is 0 Å². The van der Waals surface area contributed by atoms with Gasteiger partial charge in [-0.2, -0.15) is 0 Å². The van der Waals surface area contributed by atoms with Gasteiger partial charge in [-0.3, -0.25) is 0 Å². The molecular weight excluding hydrogens is 219 g/mol. The number of nitrogens with zero attached hydrogens (tertiary/aromatic N) is 3. The van der Waals surface area contributed by atoms with E-state index < -0.39 is 6.43 Å². The lowest BCUT2D eigenvalue weighted by Gasteiger charge is -2.24. The molecule has 1 aromatic heterocycles. The Labute approximate surface area is 90.6 Å². The van der Waals surface area contributed by atoms with Crippen molar-refractivity contribution in [3.63, 3.8) is 0 Å². The molecule has 0 amide bonds. The Morgan fingerprint density at radius 3 is 2.50 bits per heavy atom. The van der Waals surface area contributed by atoms with Crippen molar-refractivity contribution >= 4 is 5.95 Å². The Morgan fingerprint density at radius 1 is 1.25 bits per heavy atom. The summed E-state index contributed by atoms with van der Waals surface area (Å²) in [6.07, 6.45) is 1.65. The first-order chi connectivity index (χ1) is 7.66. The van der Waals surface area contributed by atoms with Gasteiger partial charge in [0.1, 0.15) is 5.83 Å². The zero-order chi connectivity index (χ0) is 11.5. The minimum Gasteiger partial charge on any atom is -0.334 e. The Bertz CT molecular complexity index is 389. The maximum atomic E-state index is 13.0. The molecule has 6 heteroatoms. The highest BCUT2D eigenvalue weighted by Crippen LogP contribution is 2.20. The normalized spacial score (nSPS) is 16.5. The van der Waals surface area contributed by atoms with Crippen LogP contribution in [-0.4, -0.2) is 23.1 Å². The number of hydrogen-bond acceptors (Lipinski definition) is 3. The highest BCUT2D eigenvalue weighted by atomic mass is 19.3. The molecule has 86 valence electrons. The topological polar surface area (TPSA) is 29.0 Å². The fraction of sp³-hybridized carbons (Fsp3) is 0.400. The smallest absolute Gasteiger partial charge is 0.266 e. The van der Waals surface area contributed by atoms with E-state index in [0.717, 1.165) is 12.4 Å². The van der Waals surface area contributed by atoms with Gasteiger partial charge in [0.2, 0.25) is 5.95 Å². The lowest BCUT2D eigenvalue weighted by Crippen LogP contribution is -2.30. The van der Waals surface area contributed by atoms with Gasteiger partial charge in [-0.25, -0.2) is 23.1 Å². The van der Waals surface area contributed by atoms with Crippen LogP contribution in [0.5, 0.6) is 0 Å². The minimum atomic E-state index is -2.58. The van der Waals surface area contributed by atoms with Crippen LogP contribution in [0.1, 0.15) is 18.4 Å². The second kappa shape index (κ2) is 4.51. The van der Waals surface area contributed by atoms with Crippen molar-refractivity contribution in [2.75, 3.05) is 18.0 Å². The third kappa shape index (κ3) is 2.32. The van der Waals surface area contributed by atoms with Gasteiger partial charge in [0.25, 0.3) is 6.43 Å². The summed E-state index contributed by atoms with van der Waals surface area (Å²) < 4.78 is 37.5. The predicted octanol–water partition coefficient (Wildman–Crippen LogP) is 2.48. The molecule has 0 bridgehead atoms. The highest BCUT2D eigenvalue weighted by Gasteiger charge is 2.16. The summed E-state index contributed by atoms with van der Waals surface area (Å²) in [6, 6.07) is 0. The van der Waals surface area contributed by atoms with Crippen molar-refractivity contribution in [3.8, 4) is 0 Å². The van der Waals surface area contributed by atoms with E-state index in [1.807, 2.05) is 0 Å². The molecule has 2 rings (SSSR count). The van der Waals surface area contributed by atoms with Crippen molar-refractivity contribution in [1.82, 2.24) is 9.97 Å². The summed E-state index contributed by atoms with van der Waals surface area (Å²) in [5, 5.41) is 0. The maximum Gasteiger partial charge on any atom is 0.266 e. The van der Waals surface area contributed by atoms with Gasteiger partial charge in [0, 0.05) is 18.9 Å². The van der Waals surface area contributed by atoms with Crippen LogP contribution >= 0.6 is 0 Å². The second-order valence-electron chi connectivity index (χ2n) is 3.48. The number of halogens is 3. The van der Waals surface area contributed by atoms with Crippen LogP contribution in [0.4, 0.5) is 19.1 Å². The summed E-state index contributed by atoms with van der Waals surface area (Å²) >= 11 is 0. The molecule has 0 radical (unpaired) electrons. The van der Waals surface area contributed by atoms with Crippen LogP contribution in [0.3, 0.4) is 0 Å². The monoisotopic (exact) mass is 229 g/mol. The molecule has 0 saturated carbocycles. The molecule has 3 nitrogen and oxygen atoms in total.